The maximum atomic E-state index is 14.0. The molecule has 3 aromatic carbocycles. The molecule has 0 aliphatic heterocycles. The molecule has 0 fully saturated rings. The van der Waals surface area contributed by atoms with Crippen molar-refractivity contribution >= 4 is 39.1 Å². The molecule has 3 aromatic rings. The van der Waals surface area contributed by atoms with Gasteiger partial charge in [-0.05, 0) is 94.1 Å². The van der Waals surface area contributed by atoms with Gasteiger partial charge in [0.2, 0.25) is 11.8 Å². The summed E-state index contributed by atoms with van der Waals surface area (Å²) in [5.74, 6) is -0.813. The maximum absolute atomic E-state index is 14.0. The Bertz CT molecular complexity index is 1440. The van der Waals surface area contributed by atoms with Crippen molar-refractivity contribution in [3.05, 3.63) is 94.0 Å². The first-order valence-electron chi connectivity index (χ1n) is 13.3. The summed E-state index contributed by atoms with van der Waals surface area (Å²) in [4.78, 5) is 28.6. The van der Waals surface area contributed by atoms with Gasteiger partial charge in [0.1, 0.15) is 12.6 Å². The molecule has 2 atom stereocenters. The fourth-order valence-electron chi connectivity index (χ4n) is 4.08. The minimum atomic E-state index is -4.11. The smallest absolute Gasteiger partial charge is 0.264 e. The van der Waals surface area contributed by atoms with Gasteiger partial charge in [0.05, 0.1) is 10.6 Å². The van der Waals surface area contributed by atoms with Crippen LogP contribution >= 0.6 is 11.6 Å². The third-order valence-electron chi connectivity index (χ3n) is 7.10. The number of amides is 2. The van der Waals surface area contributed by atoms with Gasteiger partial charge < -0.3 is 10.2 Å². The number of anilines is 1. The lowest BCUT2D eigenvalue weighted by Crippen LogP contribution is -2.52. The average Bonchev–Trinajstić information content (AvgIpc) is 2.92. The van der Waals surface area contributed by atoms with Crippen LogP contribution in [0.25, 0.3) is 0 Å². The number of rotatable bonds is 11. The lowest BCUT2D eigenvalue weighted by atomic mass is 10.1. The molecule has 0 saturated carbocycles. The van der Waals surface area contributed by atoms with E-state index in [1.165, 1.54) is 17.0 Å². The van der Waals surface area contributed by atoms with Crippen LogP contribution in [0.4, 0.5) is 5.69 Å². The number of carbonyl (C=O) groups is 2. The van der Waals surface area contributed by atoms with Crippen LogP contribution in [0.5, 0.6) is 0 Å². The molecule has 0 saturated heterocycles. The minimum absolute atomic E-state index is 0.0728. The van der Waals surface area contributed by atoms with E-state index in [2.05, 4.69) is 5.32 Å². The summed E-state index contributed by atoms with van der Waals surface area (Å²) in [6, 6.07) is 17.9. The van der Waals surface area contributed by atoms with Crippen LogP contribution in [-0.2, 0) is 26.2 Å². The van der Waals surface area contributed by atoms with Crippen molar-refractivity contribution in [3.63, 3.8) is 0 Å². The Morgan fingerprint density at radius 2 is 1.52 bits per heavy atom. The lowest BCUT2D eigenvalue weighted by molar-refractivity contribution is -0.139. The van der Waals surface area contributed by atoms with Crippen molar-refractivity contribution in [2.24, 2.45) is 0 Å². The zero-order chi connectivity index (χ0) is 29.6. The van der Waals surface area contributed by atoms with E-state index in [9.17, 15) is 18.0 Å². The Hall–Kier alpha value is -3.36. The minimum Gasteiger partial charge on any atom is -0.352 e. The second-order valence-electron chi connectivity index (χ2n) is 10.2. The highest BCUT2D eigenvalue weighted by Gasteiger charge is 2.33. The molecule has 2 unspecified atom stereocenters. The first-order chi connectivity index (χ1) is 18.8. The van der Waals surface area contributed by atoms with Crippen molar-refractivity contribution in [3.8, 4) is 0 Å². The van der Waals surface area contributed by atoms with Crippen molar-refractivity contribution in [1.29, 1.82) is 0 Å². The number of sulfonamides is 1. The SMILES string of the molecule is CCC(C)NC(=O)C(C)N(Cc1ccc(Cl)cc1)C(=O)CN(c1ccc(C)c(C)c1)S(=O)(=O)c1ccc(C)cc1. The normalized spacial score (nSPS) is 12.9. The molecule has 9 heteroatoms. The molecule has 0 heterocycles. The standard InChI is InChI=1S/C31H38ClN3O4S/c1-7-24(5)33-31(37)25(6)34(19-26-11-13-27(32)14-12-26)30(36)20-35(28-15-10-22(3)23(4)18-28)40(38,39)29-16-8-21(2)9-17-29/h8-18,24-25H,7,19-20H2,1-6H3,(H,33,37). The van der Waals surface area contributed by atoms with Crippen molar-refractivity contribution in [1.82, 2.24) is 10.2 Å². The summed E-state index contributed by atoms with van der Waals surface area (Å²) in [5, 5.41) is 3.48. The molecule has 0 spiro atoms. The van der Waals surface area contributed by atoms with E-state index in [-0.39, 0.29) is 23.4 Å². The van der Waals surface area contributed by atoms with Crippen molar-refractivity contribution in [2.75, 3.05) is 10.8 Å². The Kier molecular flexibility index (Phi) is 10.4. The maximum Gasteiger partial charge on any atom is 0.264 e. The van der Waals surface area contributed by atoms with Gasteiger partial charge >= 0.3 is 0 Å². The van der Waals surface area contributed by atoms with Gasteiger partial charge in [0.15, 0.2) is 0 Å². The number of halogens is 1. The third kappa shape index (κ3) is 7.64. The van der Waals surface area contributed by atoms with E-state index in [0.29, 0.717) is 10.7 Å². The molecule has 0 aliphatic carbocycles. The molecule has 40 heavy (non-hydrogen) atoms. The van der Waals surface area contributed by atoms with Gasteiger partial charge in [-0.2, -0.15) is 0 Å². The molecule has 1 N–H and O–H groups in total. The van der Waals surface area contributed by atoms with Crippen LogP contribution in [-0.4, -0.2) is 43.8 Å². The van der Waals surface area contributed by atoms with Crippen LogP contribution < -0.4 is 9.62 Å². The Labute approximate surface area is 243 Å². The third-order valence-corrected chi connectivity index (χ3v) is 9.14. The lowest BCUT2D eigenvalue weighted by Gasteiger charge is -2.32. The first kappa shape index (κ1) is 31.2. The molecular weight excluding hydrogens is 546 g/mol. The molecule has 0 bridgehead atoms. The van der Waals surface area contributed by atoms with E-state index in [4.69, 9.17) is 11.6 Å². The van der Waals surface area contributed by atoms with E-state index < -0.39 is 28.5 Å². The summed E-state index contributed by atoms with van der Waals surface area (Å²) in [6.45, 7) is 10.8. The van der Waals surface area contributed by atoms with E-state index >= 15 is 0 Å². The molecule has 3 rings (SSSR count). The summed E-state index contributed by atoms with van der Waals surface area (Å²) in [5.41, 5.74) is 3.96. The van der Waals surface area contributed by atoms with Gasteiger partial charge in [0, 0.05) is 17.6 Å². The highest BCUT2D eigenvalue weighted by Crippen LogP contribution is 2.27. The first-order valence-corrected chi connectivity index (χ1v) is 15.2. The van der Waals surface area contributed by atoms with Crippen molar-refractivity contribution in [2.45, 2.75) is 71.5 Å². The van der Waals surface area contributed by atoms with Gasteiger partial charge in [-0.15, -0.1) is 0 Å². The highest BCUT2D eigenvalue weighted by atomic mass is 35.5. The van der Waals surface area contributed by atoms with Crippen molar-refractivity contribution < 1.29 is 18.0 Å². The summed E-state index contributed by atoms with van der Waals surface area (Å²) >= 11 is 6.06. The second-order valence-corrected chi connectivity index (χ2v) is 12.5. The summed E-state index contributed by atoms with van der Waals surface area (Å²) in [7, 11) is -4.11. The zero-order valence-electron chi connectivity index (χ0n) is 23.9. The van der Waals surface area contributed by atoms with Crippen LogP contribution in [0, 0.1) is 20.8 Å². The van der Waals surface area contributed by atoms with E-state index in [0.717, 1.165) is 33.0 Å². The van der Waals surface area contributed by atoms with Gasteiger partial charge in [-0.3, -0.25) is 13.9 Å². The number of carbonyl (C=O) groups excluding carboxylic acids is 2. The number of benzene rings is 3. The quantitative estimate of drug-likeness (QED) is 0.309. The molecule has 0 aliphatic rings. The van der Waals surface area contributed by atoms with Gasteiger partial charge in [0.25, 0.3) is 10.0 Å². The van der Waals surface area contributed by atoms with Crippen LogP contribution in [0.3, 0.4) is 0 Å². The summed E-state index contributed by atoms with van der Waals surface area (Å²) < 4.78 is 29.0. The van der Waals surface area contributed by atoms with E-state index in [1.807, 2.05) is 40.7 Å². The van der Waals surface area contributed by atoms with Gasteiger partial charge in [-0.1, -0.05) is 54.4 Å². The predicted molar refractivity (Wildman–Crippen MR) is 161 cm³/mol. The largest absolute Gasteiger partial charge is 0.352 e. The number of nitrogens with one attached hydrogen (secondary N) is 1. The Balaban J connectivity index is 2.04. The number of hydrogen-bond acceptors (Lipinski definition) is 4. The Morgan fingerprint density at radius 3 is 2.10 bits per heavy atom. The predicted octanol–water partition coefficient (Wildman–Crippen LogP) is 5.79. The zero-order valence-corrected chi connectivity index (χ0v) is 25.5. The molecule has 2 amide bonds. The van der Waals surface area contributed by atoms with Gasteiger partial charge in [-0.25, -0.2) is 8.42 Å². The topological polar surface area (TPSA) is 86.8 Å². The van der Waals surface area contributed by atoms with Crippen LogP contribution in [0.1, 0.15) is 49.4 Å². The number of aryl methyl sites for hydroxylation is 3. The summed E-state index contributed by atoms with van der Waals surface area (Å²) in [6.07, 6.45) is 0.735. The second kappa shape index (κ2) is 13.3. The molecule has 214 valence electrons. The monoisotopic (exact) mass is 583 g/mol. The van der Waals surface area contributed by atoms with Crippen LogP contribution in [0.2, 0.25) is 5.02 Å². The highest BCUT2D eigenvalue weighted by molar-refractivity contribution is 7.92. The Morgan fingerprint density at radius 1 is 0.900 bits per heavy atom. The number of nitrogens with zero attached hydrogens (tertiary/aromatic N) is 2. The molecule has 0 radical (unpaired) electrons. The molecule has 7 nitrogen and oxygen atoms in total. The fourth-order valence-corrected chi connectivity index (χ4v) is 5.61. The fraction of sp³-hybridized carbons (Fsp3) is 0.355. The average molecular weight is 584 g/mol. The van der Waals surface area contributed by atoms with Crippen LogP contribution in [0.15, 0.2) is 71.6 Å². The number of hydrogen-bond donors (Lipinski definition) is 1. The molecule has 0 aromatic heterocycles. The molecular formula is C31H38ClN3O4S. The van der Waals surface area contributed by atoms with E-state index in [1.54, 1.807) is 55.5 Å².